The van der Waals surface area contributed by atoms with Crippen molar-refractivity contribution in [2.45, 2.75) is 19.3 Å². The molecule has 0 saturated carbocycles. The Morgan fingerprint density at radius 1 is 1.24 bits per heavy atom. The molecule has 2 aliphatic heterocycles. The van der Waals surface area contributed by atoms with E-state index in [1.165, 1.54) is 0 Å². The fourth-order valence-corrected chi connectivity index (χ4v) is 3.64. The smallest absolute Gasteiger partial charge is 0.228 e. The summed E-state index contributed by atoms with van der Waals surface area (Å²) in [6, 6.07) is 7.22. The summed E-state index contributed by atoms with van der Waals surface area (Å²) in [6.45, 7) is 1.31. The monoisotopic (exact) mass is 359 g/mol. The number of amides is 1. The summed E-state index contributed by atoms with van der Waals surface area (Å²) in [5.41, 5.74) is 3.79. The first-order chi connectivity index (χ1) is 12.2. The van der Waals surface area contributed by atoms with Crippen molar-refractivity contribution < 1.29 is 19.0 Å². The van der Waals surface area contributed by atoms with Gasteiger partial charge in [0.2, 0.25) is 5.91 Å². The van der Waals surface area contributed by atoms with Gasteiger partial charge < -0.3 is 19.5 Å². The summed E-state index contributed by atoms with van der Waals surface area (Å²) in [5.74, 6) is 2.20. The van der Waals surface area contributed by atoms with Crippen LogP contribution in [0.1, 0.15) is 16.7 Å². The van der Waals surface area contributed by atoms with Gasteiger partial charge in [-0.3, -0.25) is 4.79 Å². The van der Waals surface area contributed by atoms with E-state index in [0.717, 1.165) is 41.0 Å². The van der Waals surface area contributed by atoms with Crippen molar-refractivity contribution in [3.63, 3.8) is 0 Å². The quantitative estimate of drug-likeness (QED) is 0.909. The van der Waals surface area contributed by atoms with Gasteiger partial charge in [-0.1, -0.05) is 11.6 Å². The zero-order valence-electron chi connectivity index (χ0n) is 13.9. The first-order valence-corrected chi connectivity index (χ1v) is 8.60. The third-order valence-corrected chi connectivity index (χ3v) is 4.83. The van der Waals surface area contributed by atoms with Crippen molar-refractivity contribution in [2.75, 3.05) is 25.6 Å². The van der Waals surface area contributed by atoms with Gasteiger partial charge >= 0.3 is 0 Å². The van der Waals surface area contributed by atoms with E-state index in [2.05, 4.69) is 11.4 Å². The largest absolute Gasteiger partial charge is 0.495 e. The zero-order chi connectivity index (χ0) is 17.4. The molecule has 1 amide bonds. The molecule has 0 spiro atoms. The van der Waals surface area contributed by atoms with Gasteiger partial charge in [-0.2, -0.15) is 0 Å². The van der Waals surface area contributed by atoms with Crippen molar-refractivity contribution in [2.24, 2.45) is 0 Å². The Balaban J connectivity index is 1.57. The fourth-order valence-electron chi connectivity index (χ4n) is 3.38. The van der Waals surface area contributed by atoms with Crippen LogP contribution in [0.4, 0.5) is 5.69 Å². The normalized spacial score (nSPS) is 14.3. The van der Waals surface area contributed by atoms with Gasteiger partial charge in [-0.15, -0.1) is 0 Å². The molecular weight excluding hydrogens is 342 g/mol. The topological polar surface area (TPSA) is 56.8 Å². The first-order valence-electron chi connectivity index (χ1n) is 8.22. The van der Waals surface area contributed by atoms with Crippen molar-refractivity contribution in [3.8, 4) is 17.2 Å². The number of carbonyl (C=O) groups is 1. The predicted molar refractivity (Wildman–Crippen MR) is 95.2 cm³/mol. The number of fused-ring (bicyclic) bond motifs is 2. The lowest BCUT2D eigenvalue weighted by Gasteiger charge is -2.13. The maximum atomic E-state index is 12.6. The van der Waals surface area contributed by atoms with E-state index < -0.39 is 0 Å². The van der Waals surface area contributed by atoms with Crippen LogP contribution in [0, 0.1) is 0 Å². The summed E-state index contributed by atoms with van der Waals surface area (Å²) < 4.78 is 16.6. The van der Waals surface area contributed by atoms with E-state index in [-0.39, 0.29) is 12.3 Å². The lowest BCUT2D eigenvalue weighted by Crippen LogP contribution is -2.16. The lowest BCUT2D eigenvalue weighted by molar-refractivity contribution is -0.115. The number of carbonyl (C=O) groups excluding carboxylic acids is 1. The van der Waals surface area contributed by atoms with E-state index in [1.54, 1.807) is 25.3 Å². The summed E-state index contributed by atoms with van der Waals surface area (Å²) in [7, 11) is 1.55. The molecule has 2 aromatic rings. The number of hydrogen-bond acceptors (Lipinski definition) is 4. The van der Waals surface area contributed by atoms with Gasteiger partial charge in [-0.25, -0.2) is 0 Å². The summed E-state index contributed by atoms with van der Waals surface area (Å²) in [4.78, 5) is 12.6. The highest BCUT2D eigenvalue weighted by Gasteiger charge is 2.27. The van der Waals surface area contributed by atoms with Gasteiger partial charge in [0, 0.05) is 35.2 Å². The van der Waals surface area contributed by atoms with Gasteiger partial charge in [0.15, 0.2) is 0 Å². The van der Waals surface area contributed by atoms with E-state index in [0.29, 0.717) is 29.7 Å². The number of methoxy groups -OCH3 is 1. The Bertz CT molecular complexity index is 818. The molecule has 0 aromatic heterocycles. The van der Waals surface area contributed by atoms with Crippen LogP contribution in [0.25, 0.3) is 0 Å². The van der Waals surface area contributed by atoms with Crippen molar-refractivity contribution >= 4 is 23.2 Å². The highest BCUT2D eigenvalue weighted by Crippen LogP contribution is 2.41. The van der Waals surface area contributed by atoms with Crippen LogP contribution in [0.3, 0.4) is 0 Å². The maximum Gasteiger partial charge on any atom is 0.228 e. The summed E-state index contributed by atoms with van der Waals surface area (Å²) >= 11 is 6.11. The maximum absolute atomic E-state index is 12.6. The van der Waals surface area contributed by atoms with Crippen LogP contribution in [0.15, 0.2) is 24.3 Å². The van der Waals surface area contributed by atoms with Crippen molar-refractivity contribution in [1.29, 1.82) is 0 Å². The minimum Gasteiger partial charge on any atom is -0.495 e. The summed E-state index contributed by atoms with van der Waals surface area (Å²) in [5, 5.41) is 3.35. The Hall–Kier alpha value is -2.40. The Morgan fingerprint density at radius 2 is 2.08 bits per heavy atom. The molecule has 1 N–H and O–H groups in total. The van der Waals surface area contributed by atoms with Gasteiger partial charge in [0.05, 0.1) is 31.8 Å². The molecule has 25 heavy (non-hydrogen) atoms. The highest BCUT2D eigenvalue weighted by atomic mass is 35.5. The molecule has 5 nitrogen and oxygen atoms in total. The van der Waals surface area contributed by atoms with Crippen LogP contribution in [0.5, 0.6) is 17.2 Å². The second kappa shape index (κ2) is 6.48. The van der Waals surface area contributed by atoms with E-state index >= 15 is 0 Å². The minimum absolute atomic E-state index is 0.112. The lowest BCUT2D eigenvalue weighted by atomic mass is 9.97. The third-order valence-electron chi connectivity index (χ3n) is 4.53. The molecule has 0 radical (unpaired) electrons. The molecule has 0 fully saturated rings. The minimum atomic E-state index is -0.112. The molecular formula is C19H18ClNO4. The highest BCUT2D eigenvalue weighted by molar-refractivity contribution is 6.32. The third kappa shape index (κ3) is 3.00. The fraction of sp³-hybridized carbons (Fsp3) is 0.316. The summed E-state index contributed by atoms with van der Waals surface area (Å²) in [6.07, 6.45) is 1.91. The average Bonchev–Trinajstić information content (AvgIpc) is 3.23. The van der Waals surface area contributed by atoms with E-state index in [9.17, 15) is 4.79 Å². The molecule has 0 unspecified atom stereocenters. The number of halogens is 1. The number of benzene rings is 2. The molecule has 6 heteroatoms. The number of hydrogen-bond donors (Lipinski definition) is 1. The molecule has 0 aliphatic carbocycles. The molecule has 0 bridgehead atoms. The van der Waals surface area contributed by atoms with Crippen LogP contribution < -0.4 is 19.5 Å². The number of anilines is 1. The Labute approximate surface area is 150 Å². The number of rotatable bonds is 4. The van der Waals surface area contributed by atoms with Crippen LogP contribution in [0.2, 0.25) is 5.02 Å². The van der Waals surface area contributed by atoms with Gasteiger partial charge in [0.1, 0.15) is 17.2 Å². The van der Waals surface area contributed by atoms with Crippen molar-refractivity contribution in [1.82, 2.24) is 0 Å². The average molecular weight is 360 g/mol. The van der Waals surface area contributed by atoms with Crippen molar-refractivity contribution in [3.05, 3.63) is 46.0 Å². The molecule has 4 rings (SSSR count). The predicted octanol–water partition coefficient (Wildman–Crippen LogP) is 3.40. The Morgan fingerprint density at radius 3 is 2.88 bits per heavy atom. The number of nitrogens with one attached hydrogen (secondary N) is 1. The molecule has 2 aromatic carbocycles. The van der Waals surface area contributed by atoms with Crippen LogP contribution in [-0.4, -0.2) is 26.2 Å². The van der Waals surface area contributed by atoms with E-state index in [4.69, 9.17) is 25.8 Å². The van der Waals surface area contributed by atoms with Crippen LogP contribution >= 0.6 is 11.6 Å². The second-order valence-electron chi connectivity index (χ2n) is 6.09. The molecule has 0 saturated heterocycles. The standard InChI is InChI=1S/C19H18ClNO4/c1-23-16-3-2-12(9-15(16)20)21-18(22)10-14-13-5-7-24-17(13)8-11-4-6-25-19(11)14/h2-3,8-9H,4-7,10H2,1H3,(H,21,22). The number of ether oxygens (including phenoxy) is 3. The zero-order valence-corrected chi connectivity index (χ0v) is 14.6. The van der Waals surface area contributed by atoms with E-state index in [1.807, 2.05) is 0 Å². The molecule has 130 valence electrons. The second-order valence-corrected chi connectivity index (χ2v) is 6.50. The van der Waals surface area contributed by atoms with Crippen LogP contribution in [-0.2, 0) is 24.1 Å². The molecule has 0 atom stereocenters. The van der Waals surface area contributed by atoms with Gasteiger partial charge in [-0.05, 0) is 24.3 Å². The first kappa shape index (κ1) is 16.1. The Kier molecular flexibility index (Phi) is 4.17. The molecule has 2 heterocycles. The molecule has 2 aliphatic rings. The van der Waals surface area contributed by atoms with Gasteiger partial charge in [0.25, 0.3) is 0 Å². The SMILES string of the molecule is COc1ccc(NC(=O)Cc2c3c(cc4c2OCC4)OCC3)cc1Cl.